The molecule has 0 saturated carbocycles. The highest BCUT2D eigenvalue weighted by Crippen LogP contribution is 2.22. The summed E-state index contributed by atoms with van der Waals surface area (Å²) in [5, 5.41) is 18.5. The van der Waals surface area contributed by atoms with E-state index in [1.165, 1.54) is 0 Å². The monoisotopic (exact) mass is 348 g/mol. The van der Waals surface area contributed by atoms with E-state index in [-0.39, 0.29) is 0 Å². The molecule has 0 saturated heterocycles. The van der Waals surface area contributed by atoms with Crippen molar-refractivity contribution in [2.75, 3.05) is 12.4 Å². The molecule has 2 heterocycles. The van der Waals surface area contributed by atoms with Gasteiger partial charge < -0.3 is 10.1 Å². The standard InChI is InChI=1S/C19H20N6O/c1-4-13(5-2)17-10-15(23-24-17)11-20-19-22-18(12-21-25-19)14-7-6-8-16(9-14)26-3/h4-10,12H,1,11H2,2-3H3,(H,23,24)(H,20,22,25). The van der Waals surface area contributed by atoms with Gasteiger partial charge in [0.05, 0.1) is 36.9 Å². The Hall–Kier alpha value is -3.48. The molecule has 26 heavy (non-hydrogen) atoms. The van der Waals surface area contributed by atoms with E-state index in [9.17, 15) is 0 Å². The molecule has 7 nitrogen and oxygen atoms in total. The van der Waals surface area contributed by atoms with Gasteiger partial charge in [0.1, 0.15) is 5.75 Å². The molecule has 3 aromatic rings. The number of aromatic nitrogens is 5. The van der Waals surface area contributed by atoms with Crippen LogP contribution in [0.25, 0.3) is 16.8 Å². The van der Waals surface area contributed by atoms with Crippen LogP contribution in [0.3, 0.4) is 0 Å². The molecule has 132 valence electrons. The molecule has 0 amide bonds. The number of anilines is 1. The molecule has 0 aliphatic rings. The van der Waals surface area contributed by atoms with Crippen molar-refractivity contribution in [2.24, 2.45) is 0 Å². The number of aromatic amines is 1. The fraction of sp³-hybridized carbons (Fsp3) is 0.158. The first-order chi connectivity index (χ1) is 12.7. The lowest BCUT2D eigenvalue weighted by Crippen LogP contribution is -2.05. The molecule has 0 fully saturated rings. The number of H-pyrrole nitrogens is 1. The van der Waals surface area contributed by atoms with E-state index >= 15 is 0 Å². The fourth-order valence-electron chi connectivity index (χ4n) is 2.44. The Kier molecular flexibility index (Phi) is 5.38. The van der Waals surface area contributed by atoms with Gasteiger partial charge in [-0.1, -0.05) is 30.9 Å². The van der Waals surface area contributed by atoms with E-state index in [2.05, 4.69) is 37.3 Å². The minimum absolute atomic E-state index is 0.441. The topological polar surface area (TPSA) is 88.6 Å². The highest BCUT2D eigenvalue weighted by atomic mass is 16.5. The van der Waals surface area contributed by atoms with Crippen molar-refractivity contribution in [2.45, 2.75) is 13.5 Å². The summed E-state index contributed by atoms with van der Waals surface area (Å²) >= 11 is 0. The van der Waals surface area contributed by atoms with Crippen LogP contribution in [0, 0.1) is 0 Å². The number of allylic oxidation sites excluding steroid dienone is 3. The summed E-state index contributed by atoms with van der Waals surface area (Å²) < 4.78 is 5.25. The van der Waals surface area contributed by atoms with E-state index in [1.807, 2.05) is 43.3 Å². The number of nitrogens with zero attached hydrogens (tertiary/aromatic N) is 4. The van der Waals surface area contributed by atoms with Crippen molar-refractivity contribution >= 4 is 11.5 Å². The number of hydrogen-bond donors (Lipinski definition) is 2. The third-order valence-corrected chi connectivity index (χ3v) is 3.82. The third-order valence-electron chi connectivity index (χ3n) is 3.82. The second-order valence-electron chi connectivity index (χ2n) is 5.48. The van der Waals surface area contributed by atoms with Gasteiger partial charge in [0.25, 0.3) is 0 Å². The van der Waals surface area contributed by atoms with Crippen LogP contribution < -0.4 is 10.1 Å². The lowest BCUT2D eigenvalue weighted by atomic mass is 10.1. The van der Waals surface area contributed by atoms with Gasteiger partial charge >= 0.3 is 0 Å². The van der Waals surface area contributed by atoms with Gasteiger partial charge in [-0.05, 0) is 30.7 Å². The summed E-state index contributed by atoms with van der Waals surface area (Å²) in [6, 6.07) is 9.61. The lowest BCUT2D eigenvalue weighted by Gasteiger charge is -2.06. The predicted molar refractivity (Wildman–Crippen MR) is 102 cm³/mol. The molecule has 0 radical (unpaired) electrons. The summed E-state index contributed by atoms with van der Waals surface area (Å²) in [4.78, 5) is 4.51. The lowest BCUT2D eigenvalue weighted by molar-refractivity contribution is 0.415. The minimum Gasteiger partial charge on any atom is -0.497 e. The van der Waals surface area contributed by atoms with Crippen LogP contribution in [0.5, 0.6) is 5.75 Å². The number of nitrogens with one attached hydrogen (secondary N) is 2. The maximum atomic E-state index is 5.25. The van der Waals surface area contributed by atoms with Crippen molar-refractivity contribution in [3.63, 3.8) is 0 Å². The Morgan fingerprint density at radius 3 is 3.00 bits per heavy atom. The number of benzene rings is 1. The zero-order valence-electron chi connectivity index (χ0n) is 14.7. The van der Waals surface area contributed by atoms with Crippen LogP contribution in [0.2, 0.25) is 0 Å². The third kappa shape index (κ3) is 3.94. The summed E-state index contributed by atoms with van der Waals surface area (Å²) in [7, 11) is 1.63. The molecule has 0 bridgehead atoms. The molecule has 0 atom stereocenters. The van der Waals surface area contributed by atoms with Crippen LogP contribution in [-0.2, 0) is 6.54 Å². The van der Waals surface area contributed by atoms with Gasteiger partial charge in [0.15, 0.2) is 0 Å². The molecule has 2 N–H and O–H groups in total. The van der Waals surface area contributed by atoms with Crippen LogP contribution in [0.4, 0.5) is 5.95 Å². The first-order valence-electron chi connectivity index (χ1n) is 8.15. The zero-order chi connectivity index (χ0) is 18.4. The Bertz CT molecular complexity index is 931. The minimum atomic E-state index is 0.441. The predicted octanol–water partition coefficient (Wildman–Crippen LogP) is 3.47. The summed E-state index contributed by atoms with van der Waals surface area (Å²) in [6.45, 7) is 6.24. The van der Waals surface area contributed by atoms with Gasteiger partial charge in [0, 0.05) is 5.56 Å². The second-order valence-corrected chi connectivity index (χ2v) is 5.48. The molecule has 2 aromatic heterocycles. The average Bonchev–Trinajstić information content (AvgIpc) is 3.16. The molecule has 1 aromatic carbocycles. The second kappa shape index (κ2) is 8.06. The summed E-state index contributed by atoms with van der Waals surface area (Å²) in [5.74, 6) is 1.21. The van der Waals surface area contributed by atoms with Crippen molar-refractivity contribution in [3.8, 4) is 17.0 Å². The Labute approximate surface area is 151 Å². The highest BCUT2D eigenvalue weighted by molar-refractivity contribution is 5.70. The summed E-state index contributed by atoms with van der Waals surface area (Å²) in [6.07, 6.45) is 5.36. The first-order valence-corrected chi connectivity index (χ1v) is 8.15. The van der Waals surface area contributed by atoms with Gasteiger partial charge in [-0.3, -0.25) is 5.10 Å². The van der Waals surface area contributed by atoms with E-state index in [0.29, 0.717) is 12.5 Å². The smallest absolute Gasteiger partial charge is 0.243 e. The van der Waals surface area contributed by atoms with Gasteiger partial charge in [0.2, 0.25) is 5.95 Å². The summed E-state index contributed by atoms with van der Waals surface area (Å²) in [5.41, 5.74) is 4.37. The van der Waals surface area contributed by atoms with Crippen LogP contribution in [0.15, 0.2) is 55.3 Å². The van der Waals surface area contributed by atoms with E-state index < -0.39 is 0 Å². The fourth-order valence-corrected chi connectivity index (χ4v) is 2.44. The Morgan fingerprint density at radius 2 is 2.23 bits per heavy atom. The normalized spacial score (nSPS) is 11.2. The highest BCUT2D eigenvalue weighted by Gasteiger charge is 2.07. The van der Waals surface area contributed by atoms with Gasteiger partial charge in [-0.25, -0.2) is 4.98 Å². The molecule has 0 unspecified atom stereocenters. The molecule has 0 aliphatic heterocycles. The van der Waals surface area contributed by atoms with E-state index in [4.69, 9.17) is 4.74 Å². The van der Waals surface area contributed by atoms with E-state index in [1.54, 1.807) is 19.4 Å². The number of rotatable bonds is 7. The molecule has 0 spiro atoms. The zero-order valence-corrected chi connectivity index (χ0v) is 14.7. The quantitative estimate of drug-likeness (QED) is 0.636. The van der Waals surface area contributed by atoms with Gasteiger partial charge in [-0.15, -0.1) is 5.10 Å². The molecule has 0 aliphatic carbocycles. The number of hydrogen-bond acceptors (Lipinski definition) is 6. The maximum absolute atomic E-state index is 5.25. The van der Waals surface area contributed by atoms with Crippen molar-refractivity contribution in [3.05, 3.63) is 66.6 Å². The molecule has 7 heteroatoms. The number of methoxy groups -OCH3 is 1. The van der Waals surface area contributed by atoms with Crippen molar-refractivity contribution < 1.29 is 4.74 Å². The first kappa shape index (κ1) is 17.3. The van der Waals surface area contributed by atoms with Crippen LogP contribution in [-0.4, -0.2) is 32.5 Å². The molecule has 3 rings (SSSR count). The van der Waals surface area contributed by atoms with Crippen LogP contribution in [0.1, 0.15) is 18.3 Å². The SMILES string of the molecule is C=CC(=CC)c1cc(CNc2nncc(-c3cccc(OC)c3)n2)[nH]n1. The Morgan fingerprint density at radius 1 is 1.35 bits per heavy atom. The Balaban J connectivity index is 1.72. The molecular formula is C19H20N6O. The van der Waals surface area contributed by atoms with Crippen LogP contribution >= 0.6 is 0 Å². The maximum Gasteiger partial charge on any atom is 0.243 e. The largest absolute Gasteiger partial charge is 0.497 e. The van der Waals surface area contributed by atoms with Gasteiger partial charge in [-0.2, -0.15) is 10.2 Å². The number of ether oxygens (including phenoxy) is 1. The van der Waals surface area contributed by atoms with Crippen molar-refractivity contribution in [1.82, 2.24) is 25.4 Å². The molecular weight excluding hydrogens is 328 g/mol. The average molecular weight is 348 g/mol. The van der Waals surface area contributed by atoms with Crippen molar-refractivity contribution in [1.29, 1.82) is 0 Å². The van der Waals surface area contributed by atoms with E-state index in [0.717, 1.165) is 34.0 Å².